The molecule has 2 aromatic rings. The number of halogens is 3. The van der Waals surface area contributed by atoms with Crippen molar-refractivity contribution in [3.8, 4) is 0 Å². The Morgan fingerprint density at radius 1 is 1.07 bits per heavy atom. The zero-order valence-corrected chi connectivity index (χ0v) is 17.3. The molecule has 0 atom stereocenters. The van der Waals surface area contributed by atoms with Gasteiger partial charge in [0.1, 0.15) is 0 Å². The number of aryl methyl sites for hydroxylation is 2. The smallest absolute Gasteiger partial charge is 0.378 e. The van der Waals surface area contributed by atoms with Crippen LogP contribution in [0.25, 0.3) is 0 Å². The van der Waals surface area contributed by atoms with Crippen LogP contribution in [-0.4, -0.2) is 52.2 Å². The van der Waals surface area contributed by atoms with E-state index in [1.54, 1.807) is 0 Å². The van der Waals surface area contributed by atoms with Crippen molar-refractivity contribution in [1.29, 1.82) is 0 Å². The zero-order valence-electron chi connectivity index (χ0n) is 16.5. The standard InChI is InChI=1S/C19H21F3N6OS/c1-12-11-13(2)24-16(23-12)26-17(28-7-9-29-10-8-28)27-18(30)25-15-5-3-14(4-6-15)19(20,21)22/h3-6,11H,7-10H2,1-2H3,(H2,23,24,25,26,27,30). The summed E-state index contributed by atoms with van der Waals surface area (Å²) in [6.45, 7) is 5.99. The Morgan fingerprint density at radius 2 is 1.67 bits per heavy atom. The van der Waals surface area contributed by atoms with Gasteiger partial charge < -0.3 is 15.0 Å². The maximum Gasteiger partial charge on any atom is 0.416 e. The first-order valence-corrected chi connectivity index (χ1v) is 9.60. The minimum absolute atomic E-state index is 0.0909. The highest BCUT2D eigenvalue weighted by molar-refractivity contribution is 7.80. The summed E-state index contributed by atoms with van der Waals surface area (Å²) in [5.41, 5.74) is 1.28. The SMILES string of the molecule is Cc1cc(C)nc(N/C(=N/C(=S)Nc2ccc(C(F)(F)F)cc2)N2CCOCC2)n1. The van der Waals surface area contributed by atoms with Gasteiger partial charge in [-0.25, -0.2) is 9.97 Å². The van der Waals surface area contributed by atoms with Gasteiger partial charge in [-0.15, -0.1) is 0 Å². The predicted octanol–water partition coefficient (Wildman–Crippen LogP) is 3.61. The highest BCUT2D eigenvalue weighted by Crippen LogP contribution is 2.29. The Kier molecular flexibility index (Phi) is 6.83. The average molecular weight is 438 g/mol. The van der Waals surface area contributed by atoms with Gasteiger partial charge in [0.05, 0.1) is 18.8 Å². The largest absolute Gasteiger partial charge is 0.416 e. The van der Waals surface area contributed by atoms with Gasteiger partial charge in [0, 0.05) is 30.2 Å². The molecule has 0 aliphatic carbocycles. The Balaban J connectivity index is 1.78. The summed E-state index contributed by atoms with van der Waals surface area (Å²) >= 11 is 5.30. The van der Waals surface area contributed by atoms with Gasteiger partial charge in [-0.2, -0.15) is 18.2 Å². The maximum atomic E-state index is 12.7. The molecule has 2 heterocycles. The summed E-state index contributed by atoms with van der Waals surface area (Å²) in [7, 11) is 0. The molecule has 0 radical (unpaired) electrons. The number of aliphatic imine (C=N–C) groups is 1. The van der Waals surface area contributed by atoms with Crippen molar-refractivity contribution >= 4 is 34.9 Å². The van der Waals surface area contributed by atoms with Crippen LogP contribution in [0.3, 0.4) is 0 Å². The Hall–Kier alpha value is -2.79. The number of ether oxygens (including phenoxy) is 1. The molecule has 30 heavy (non-hydrogen) atoms. The van der Waals surface area contributed by atoms with Crippen molar-refractivity contribution in [2.24, 2.45) is 4.99 Å². The van der Waals surface area contributed by atoms with Gasteiger partial charge in [-0.05, 0) is 56.4 Å². The summed E-state index contributed by atoms with van der Waals surface area (Å²) in [6.07, 6.45) is -4.39. The highest BCUT2D eigenvalue weighted by Gasteiger charge is 2.30. The zero-order chi connectivity index (χ0) is 21.7. The van der Waals surface area contributed by atoms with Gasteiger partial charge in [-0.1, -0.05) is 0 Å². The number of rotatable bonds is 2. The Labute approximate surface area is 177 Å². The molecule has 0 bridgehead atoms. The molecule has 0 unspecified atom stereocenters. The predicted molar refractivity (Wildman–Crippen MR) is 113 cm³/mol. The molecular formula is C19H21F3N6OS. The molecule has 3 rings (SSSR count). The molecule has 1 aliphatic heterocycles. The number of hydrogen-bond acceptors (Lipinski definition) is 4. The van der Waals surface area contributed by atoms with Crippen molar-refractivity contribution in [2.45, 2.75) is 20.0 Å². The first kappa shape index (κ1) is 21.9. The fourth-order valence-corrected chi connectivity index (χ4v) is 3.03. The third kappa shape index (κ3) is 6.10. The molecule has 0 amide bonds. The van der Waals surface area contributed by atoms with Gasteiger partial charge >= 0.3 is 6.18 Å². The lowest BCUT2D eigenvalue weighted by Gasteiger charge is -2.29. The summed E-state index contributed by atoms with van der Waals surface area (Å²) in [6, 6.07) is 6.44. The molecule has 11 heteroatoms. The average Bonchev–Trinajstić information content (AvgIpc) is 2.67. The number of thiocarbonyl (C=S) groups is 1. The van der Waals surface area contributed by atoms with Crippen LogP contribution in [0.5, 0.6) is 0 Å². The van der Waals surface area contributed by atoms with E-state index in [1.165, 1.54) is 12.1 Å². The molecule has 0 saturated carbocycles. The number of hydrogen-bond donors (Lipinski definition) is 2. The summed E-state index contributed by atoms with van der Waals surface area (Å²) in [5, 5.41) is 6.03. The molecular weight excluding hydrogens is 417 g/mol. The molecule has 0 spiro atoms. The van der Waals surface area contributed by atoms with Crippen LogP contribution in [0.1, 0.15) is 17.0 Å². The maximum absolute atomic E-state index is 12.7. The number of anilines is 2. The number of nitrogens with zero attached hydrogens (tertiary/aromatic N) is 4. The first-order chi connectivity index (χ1) is 14.2. The van der Waals surface area contributed by atoms with Crippen LogP contribution in [-0.2, 0) is 10.9 Å². The lowest BCUT2D eigenvalue weighted by Crippen LogP contribution is -2.45. The van der Waals surface area contributed by atoms with E-state index in [9.17, 15) is 13.2 Å². The number of aromatic nitrogens is 2. The quantitative estimate of drug-likeness (QED) is 0.422. The highest BCUT2D eigenvalue weighted by atomic mass is 32.1. The van der Waals surface area contributed by atoms with Crippen LogP contribution >= 0.6 is 12.2 Å². The second-order valence-corrected chi connectivity index (χ2v) is 7.03. The van der Waals surface area contributed by atoms with Gasteiger partial charge in [0.25, 0.3) is 0 Å². The van der Waals surface area contributed by atoms with E-state index in [-0.39, 0.29) is 5.11 Å². The second kappa shape index (κ2) is 9.35. The first-order valence-electron chi connectivity index (χ1n) is 9.19. The van der Waals surface area contributed by atoms with Crippen LogP contribution in [0.4, 0.5) is 24.8 Å². The van der Waals surface area contributed by atoms with E-state index in [2.05, 4.69) is 25.6 Å². The summed E-state index contributed by atoms with van der Waals surface area (Å²) in [4.78, 5) is 15.1. The molecule has 1 fully saturated rings. The van der Waals surface area contributed by atoms with Crippen molar-refractivity contribution in [2.75, 3.05) is 36.9 Å². The lowest BCUT2D eigenvalue weighted by atomic mass is 10.2. The van der Waals surface area contributed by atoms with E-state index in [0.717, 1.165) is 23.5 Å². The number of morpholine rings is 1. The van der Waals surface area contributed by atoms with E-state index < -0.39 is 11.7 Å². The van der Waals surface area contributed by atoms with E-state index in [4.69, 9.17) is 17.0 Å². The number of alkyl halides is 3. The van der Waals surface area contributed by atoms with Crippen molar-refractivity contribution in [1.82, 2.24) is 14.9 Å². The van der Waals surface area contributed by atoms with Crippen molar-refractivity contribution in [3.63, 3.8) is 0 Å². The van der Waals surface area contributed by atoms with Crippen LogP contribution in [0.15, 0.2) is 35.3 Å². The number of guanidine groups is 1. The number of benzene rings is 1. The number of nitrogens with one attached hydrogen (secondary N) is 2. The van der Waals surface area contributed by atoms with Crippen LogP contribution in [0, 0.1) is 13.8 Å². The molecule has 160 valence electrons. The third-order valence-corrected chi connectivity index (χ3v) is 4.38. The normalized spacial score (nSPS) is 15.1. The molecule has 7 nitrogen and oxygen atoms in total. The molecule has 2 N–H and O–H groups in total. The fraction of sp³-hybridized carbons (Fsp3) is 0.368. The minimum Gasteiger partial charge on any atom is -0.378 e. The van der Waals surface area contributed by atoms with E-state index in [1.807, 2.05) is 24.8 Å². The van der Waals surface area contributed by atoms with Gasteiger partial charge in [0.2, 0.25) is 17.0 Å². The van der Waals surface area contributed by atoms with Crippen LogP contribution in [0.2, 0.25) is 0 Å². The molecule has 1 aliphatic rings. The van der Waals surface area contributed by atoms with Crippen molar-refractivity contribution < 1.29 is 17.9 Å². The lowest BCUT2D eigenvalue weighted by molar-refractivity contribution is -0.137. The second-order valence-electron chi connectivity index (χ2n) is 6.64. The van der Waals surface area contributed by atoms with Crippen molar-refractivity contribution in [3.05, 3.63) is 47.3 Å². The summed E-state index contributed by atoms with van der Waals surface area (Å²) in [5.74, 6) is 0.822. The topological polar surface area (TPSA) is 74.7 Å². The Morgan fingerprint density at radius 3 is 2.23 bits per heavy atom. The summed E-state index contributed by atoms with van der Waals surface area (Å²) < 4.78 is 43.5. The van der Waals surface area contributed by atoms with Gasteiger partial charge in [-0.3, -0.25) is 5.32 Å². The molecule has 1 aromatic heterocycles. The monoisotopic (exact) mass is 438 g/mol. The van der Waals surface area contributed by atoms with Gasteiger partial charge in [0.15, 0.2) is 0 Å². The minimum atomic E-state index is -4.39. The molecule has 1 saturated heterocycles. The molecule has 1 aromatic carbocycles. The third-order valence-electron chi connectivity index (χ3n) is 4.19. The van der Waals surface area contributed by atoms with E-state index in [0.29, 0.717) is 43.9 Å². The van der Waals surface area contributed by atoms with Crippen LogP contribution < -0.4 is 10.6 Å². The Bertz CT molecular complexity index is 907. The van der Waals surface area contributed by atoms with E-state index >= 15 is 0 Å². The fourth-order valence-electron chi connectivity index (χ4n) is 2.82.